The number of hydrogen-bond donors (Lipinski definition) is 2. The lowest BCUT2D eigenvalue weighted by Gasteiger charge is -2.27. The van der Waals surface area contributed by atoms with Gasteiger partial charge in [-0.3, -0.25) is 4.79 Å². The first-order chi connectivity index (χ1) is 8.55. The van der Waals surface area contributed by atoms with Gasteiger partial charge in [-0.25, -0.2) is 0 Å². The summed E-state index contributed by atoms with van der Waals surface area (Å²) in [5.74, 6) is -0.556. The van der Waals surface area contributed by atoms with E-state index in [1.54, 1.807) is 0 Å². The third-order valence-electron chi connectivity index (χ3n) is 3.09. The number of carbonyl (C=O) groups is 1. The van der Waals surface area contributed by atoms with Crippen molar-refractivity contribution in [2.24, 2.45) is 11.5 Å². The Kier molecular flexibility index (Phi) is 3.17. The van der Waals surface area contributed by atoms with Crippen molar-refractivity contribution >= 4 is 5.91 Å². The quantitative estimate of drug-likeness (QED) is 0.857. The Morgan fingerprint density at radius 2 is 1.61 bits per heavy atom. The van der Waals surface area contributed by atoms with Crippen LogP contribution in [0.15, 0.2) is 54.6 Å². The summed E-state index contributed by atoms with van der Waals surface area (Å²) < 4.78 is 0. The summed E-state index contributed by atoms with van der Waals surface area (Å²) in [7, 11) is 0. The van der Waals surface area contributed by atoms with Crippen LogP contribution in [-0.2, 0) is 10.3 Å². The zero-order chi connectivity index (χ0) is 13.2. The van der Waals surface area contributed by atoms with Crippen LogP contribution in [0.4, 0.5) is 0 Å². The molecule has 3 heteroatoms. The lowest BCUT2D eigenvalue weighted by atomic mass is 9.82. The Morgan fingerprint density at radius 1 is 1.00 bits per heavy atom. The molecule has 2 rings (SSSR count). The molecule has 0 spiro atoms. The molecule has 0 saturated carbocycles. The molecule has 1 atom stereocenters. The maximum Gasteiger partial charge on any atom is 0.246 e. The predicted molar refractivity (Wildman–Crippen MR) is 71.8 cm³/mol. The summed E-state index contributed by atoms with van der Waals surface area (Å²) in [6.07, 6.45) is 0. The largest absolute Gasteiger partial charge is 0.367 e. The van der Waals surface area contributed by atoms with E-state index in [-0.39, 0.29) is 0 Å². The van der Waals surface area contributed by atoms with E-state index in [9.17, 15) is 4.79 Å². The van der Waals surface area contributed by atoms with Gasteiger partial charge in [0.2, 0.25) is 5.91 Å². The van der Waals surface area contributed by atoms with Crippen LogP contribution in [0, 0.1) is 6.92 Å². The highest BCUT2D eigenvalue weighted by Crippen LogP contribution is 2.27. The van der Waals surface area contributed by atoms with Crippen LogP contribution >= 0.6 is 0 Å². The van der Waals surface area contributed by atoms with E-state index >= 15 is 0 Å². The van der Waals surface area contributed by atoms with E-state index in [2.05, 4.69) is 0 Å². The number of nitrogens with two attached hydrogens (primary N) is 2. The van der Waals surface area contributed by atoms with Crippen LogP contribution < -0.4 is 11.5 Å². The molecular formula is C15H16N2O. The van der Waals surface area contributed by atoms with E-state index in [4.69, 9.17) is 11.5 Å². The van der Waals surface area contributed by atoms with Crippen LogP contribution in [0.3, 0.4) is 0 Å². The summed E-state index contributed by atoms with van der Waals surface area (Å²) >= 11 is 0. The molecule has 1 unspecified atom stereocenters. The second-order valence-corrected chi connectivity index (χ2v) is 4.41. The molecule has 0 aliphatic carbocycles. The van der Waals surface area contributed by atoms with Gasteiger partial charge in [0.05, 0.1) is 0 Å². The lowest BCUT2D eigenvalue weighted by Crippen LogP contribution is -2.50. The highest BCUT2D eigenvalue weighted by molar-refractivity contribution is 5.90. The molecular weight excluding hydrogens is 224 g/mol. The van der Waals surface area contributed by atoms with Gasteiger partial charge >= 0.3 is 0 Å². The Balaban J connectivity index is 2.62. The van der Waals surface area contributed by atoms with Gasteiger partial charge in [0.15, 0.2) is 0 Å². The molecule has 0 aromatic heterocycles. The molecule has 0 heterocycles. The fourth-order valence-corrected chi connectivity index (χ4v) is 2.04. The average molecular weight is 240 g/mol. The highest BCUT2D eigenvalue weighted by atomic mass is 16.1. The first-order valence-electron chi connectivity index (χ1n) is 5.76. The molecule has 1 amide bonds. The molecule has 4 N–H and O–H groups in total. The number of aryl methyl sites for hydroxylation is 1. The van der Waals surface area contributed by atoms with E-state index < -0.39 is 11.4 Å². The van der Waals surface area contributed by atoms with Crippen molar-refractivity contribution in [3.05, 3.63) is 71.3 Å². The minimum Gasteiger partial charge on any atom is -0.367 e. The van der Waals surface area contributed by atoms with Crippen LogP contribution in [-0.4, -0.2) is 5.91 Å². The molecule has 3 nitrogen and oxygen atoms in total. The molecule has 92 valence electrons. The van der Waals surface area contributed by atoms with Gasteiger partial charge in [-0.15, -0.1) is 0 Å². The Morgan fingerprint density at radius 3 is 2.17 bits per heavy atom. The summed E-state index contributed by atoms with van der Waals surface area (Å²) in [6, 6.07) is 16.7. The first kappa shape index (κ1) is 12.3. The third-order valence-corrected chi connectivity index (χ3v) is 3.09. The monoisotopic (exact) mass is 240 g/mol. The summed E-state index contributed by atoms with van der Waals surface area (Å²) in [5, 5.41) is 0. The fraction of sp³-hybridized carbons (Fsp3) is 0.133. The van der Waals surface area contributed by atoms with Gasteiger partial charge < -0.3 is 11.5 Å². The van der Waals surface area contributed by atoms with Crippen molar-refractivity contribution in [2.45, 2.75) is 12.5 Å². The molecule has 18 heavy (non-hydrogen) atoms. The van der Waals surface area contributed by atoms with Crippen molar-refractivity contribution < 1.29 is 4.79 Å². The molecule has 0 radical (unpaired) electrons. The molecule has 0 bridgehead atoms. The third kappa shape index (κ3) is 2.00. The number of carbonyl (C=O) groups excluding carboxylic acids is 1. The standard InChI is InChI=1S/C15H16N2O/c1-11-6-5-9-13(10-11)15(17,14(16)18)12-7-3-2-4-8-12/h2-10H,17H2,1H3,(H2,16,18). The smallest absolute Gasteiger partial charge is 0.246 e. The van der Waals surface area contributed by atoms with Crippen molar-refractivity contribution in [2.75, 3.05) is 0 Å². The molecule has 0 aliphatic heterocycles. The zero-order valence-corrected chi connectivity index (χ0v) is 10.3. The van der Waals surface area contributed by atoms with Gasteiger partial charge in [-0.1, -0.05) is 60.2 Å². The topological polar surface area (TPSA) is 69.1 Å². The number of hydrogen-bond acceptors (Lipinski definition) is 2. The fourth-order valence-electron chi connectivity index (χ4n) is 2.04. The van der Waals surface area contributed by atoms with Crippen LogP contribution in [0.25, 0.3) is 0 Å². The van der Waals surface area contributed by atoms with E-state index in [0.29, 0.717) is 11.1 Å². The highest BCUT2D eigenvalue weighted by Gasteiger charge is 2.35. The van der Waals surface area contributed by atoms with Gasteiger partial charge in [0, 0.05) is 0 Å². The van der Waals surface area contributed by atoms with Crippen LogP contribution in [0.1, 0.15) is 16.7 Å². The van der Waals surface area contributed by atoms with E-state index in [1.807, 2.05) is 61.5 Å². The molecule has 2 aromatic carbocycles. The zero-order valence-electron chi connectivity index (χ0n) is 10.3. The summed E-state index contributed by atoms with van der Waals surface area (Å²) in [4.78, 5) is 11.8. The van der Waals surface area contributed by atoms with E-state index in [0.717, 1.165) is 5.56 Å². The van der Waals surface area contributed by atoms with Crippen LogP contribution in [0.2, 0.25) is 0 Å². The lowest BCUT2D eigenvalue weighted by molar-refractivity contribution is -0.122. The van der Waals surface area contributed by atoms with Gasteiger partial charge in [0.25, 0.3) is 0 Å². The minimum absolute atomic E-state index is 0.556. The SMILES string of the molecule is Cc1cccc(C(N)(C(N)=O)c2ccccc2)c1. The second-order valence-electron chi connectivity index (χ2n) is 4.41. The molecule has 2 aromatic rings. The Hall–Kier alpha value is -2.13. The number of primary amides is 1. The van der Waals surface area contributed by atoms with Crippen LogP contribution in [0.5, 0.6) is 0 Å². The van der Waals surface area contributed by atoms with Gasteiger partial charge in [-0.2, -0.15) is 0 Å². The summed E-state index contributed by atoms with van der Waals surface area (Å²) in [6.45, 7) is 1.95. The molecule has 0 fully saturated rings. The number of amides is 1. The van der Waals surface area contributed by atoms with Crippen molar-refractivity contribution in [1.29, 1.82) is 0 Å². The predicted octanol–water partition coefficient (Wildman–Crippen LogP) is 1.68. The Labute approximate surface area is 106 Å². The average Bonchev–Trinajstić information content (AvgIpc) is 2.38. The number of benzene rings is 2. The summed E-state index contributed by atoms with van der Waals surface area (Å²) in [5.41, 5.74) is 13.0. The van der Waals surface area contributed by atoms with E-state index in [1.165, 1.54) is 0 Å². The molecule has 0 saturated heterocycles. The maximum atomic E-state index is 11.8. The maximum absolute atomic E-state index is 11.8. The van der Waals surface area contributed by atoms with Crippen molar-refractivity contribution in [3.8, 4) is 0 Å². The van der Waals surface area contributed by atoms with Gasteiger partial charge in [0.1, 0.15) is 5.54 Å². The van der Waals surface area contributed by atoms with Gasteiger partial charge in [-0.05, 0) is 18.1 Å². The normalized spacial score (nSPS) is 13.9. The minimum atomic E-state index is -1.28. The van der Waals surface area contributed by atoms with Crippen molar-refractivity contribution in [1.82, 2.24) is 0 Å². The first-order valence-corrected chi connectivity index (χ1v) is 5.76. The number of rotatable bonds is 3. The van der Waals surface area contributed by atoms with Crippen molar-refractivity contribution in [3.63, 3.8) is 0 Å². The second kappa shape index (κ2) is 4.63. The Bertz CT molecular complexity index is 566. The molecule has 0 aliphatic rings.